The van der Waals surface area contributed by atoms with Crippen molar-refractivity contribution >= 4 is 15.9 Å². The van der Waals surface area contributed by atoms with Crippen molar-refractivity contribution in [3.63, 3.8) is 0 Å². The van der Waals surface area contributed by atoms with Gasteiger partial charge >= 0.3 is 6.18 Å². The molecule has 0 bridgehead atoms. The van der Waals surface area contributed by atoms with E-state index in [4.69, 9.17) is 9.47 Å². The minimum absolute atomic E-state index is 0.0247. The summed E-state index contributed by atoms with van der Waals surface area (Å²) in [6.45, 7) is -0.195. The third kappa shape index (κ3) is 4.65. The molecule has 0 spiro atoms. The number of hydrogen-bond donors (Lipinski definition) is 0. The van der Waals surface area contributed by atoms with Crippen LogP contribution in [-0.4, -0.2) is 63.9 Å². The highest BCUT2D eigenvalue weighted by atomic mass is 32.2. The van der Waals surface area contributed by atoms with Crippen molar-refractivity contribution in [1.82, 2.24) is 9.21 Å². The molecule has 1 aliphatic heterocycles. The molecule has 2 aromatic rings. The predicted octanol–water partition coefficient (Wildman–Crippen LogP) is 3.01. The van der Waals surface area contributed by atoms with Gasteiger partial charge < -0.3 is 14.4 Å². The molecule has 1 heterocycles. The summed E-state index contributed by atoms with van der Waals surface area (Å²) in [5.41, 5.74) is -1.85. The molecule has 1 aliphatic rings. The summed E-state index contributed by atoms with van der Waals surface area (Å²) in [5, 5.41) is 0. The minimum Gasteiger partial charge on any atom is -0.493 e. The van der Waals surface area contributed by atoms with Crippen LogP contribution in [0.2, 0.25) is 0 Å². The zero-order valence-corrected chi connectivity index (χ0v) is 18.0. The first-order valence-corrected chi connectivity index (χ1v) is 10.8. The van der Waals surface area contributed by atoms with E-state index in [0.717, 1.165) is 6.07 Å². The fourth-order valence-electron chi connectivity index (χ4n) is 3.32. The highest BCUT2D eigenvalue weighted by Crippen LogP contribution is 2.33. The summed E-state index contributed by atoms with van der Waals surface area (Å²) in [6.07, 6.45) is -4.94. The number of nitrogens with zero attached hydrogens (tertiary/aromatic N) is 2. The molecule has 1 saturated heterocycles. The maximum Gasteiger partial charge on any atom is 0.419 e. The third-order valence-corrected chi connectivity index (χ3v) is 6.93. The smallest absolute Gasteiger partial charge is 0.419 e. The van der Waals surface area contributed by atoms with Crippen LogP contribution in [0.1, 0.15) is 15.9 Å². The number of hydrogen-bond acceptors (Lipinski definition) is 5. The van der Waals surface area contributed by atoms with Crippen LogP contribution in [0.15, 0.2) is 41.3 Å². The van der Waals surface area contributed by atoms with Gasteiger partial charge in [-0.1, -0.05) is 0 Å². The SMILES string of the molecule is COc1ccc(S(=O)(=O)N2CCN(C(=O)c3ccc(F)c(C(F)(F)F)c3)CC2)cc1OC. The summed E-state index contributed by atoms with van der Waals surface area (Å²) in [5.74, 6) is -1.61. The zero-order chi connectivity index (χ0) is 23.7. The largest absolute Gasteiger partial charge is 0.493 e. The van der Waals surface area contributed by atoms with Gasteiger partial charge in [0.2, 0.25) is 10.0 Å². The van der Waals surface area contributed by atoms with Gasteiger partial charge in [-0.25, -0.2) is 12.8 Å². The Morgan fingerprint density at radius 1 is 0.938 bits per heavy atom. The number of amides is 1. The number of ether oxygens (including phenoxy) is 2. The molecule has 0 aromatic heterocycles. The van der Waals surface area contributed by atoms with Crippen molar-refractivity contribution in [3.05, 3.63) is 53.3 Å². The highest BCUT2D eigenvalue weighted by molar-refractivity contribution is 7.89. The molecule has 32 heavy (non-hydrogen) atoms. The van der Waals surface area contributed by atoms with Gasteiger partial charge in [-0.2, -0.15) is 17.5 Å². The number of sulfonamides is 1. The lowest BCUT2D eigenvalue weighted by molar-refractivity contribution is -0.140. The highest BCUT2D eigenvalue weighted by Gasteiger charge is 2.36. The molecule has 1 fully saturated rings. The van der Waals surface area contributed by atoms with Crippen molar-refractivity contribution in [2.45, 2.75) is 11.1 Å². The van der Waals surface area contributed by atoms with Crippen molar-refractivity contribution in [2.24, 2.45) is 0 Å². The van der Waals surface area contributed by atoms with E-state index in [9.17, 15) is 30.8 Å². The summed E-state index contributed by atoms with van der Waals surface area (Å²) >= 11 is 0. The van der Waals surface area contributed by atoms with Crippen LogP contribution >= 0.6 is 0 Å². The molecule has 0 aliphatic carbocycles. The molecular formula is C20H20F4N2O5S. The van der Waals surface area contributed by atoms with Crippen molar-refractivity contribution in [1.29, 1.82) is 0 Å². The normalized spacial score (nSPS) is 15.5. The van der Waals surface area contributed by atoms with E-state index < -0.39 is 33.5 Å². The molecule has 174 valence electrons. The summed E-state index contributed by atoms with van der Waals surface area (Å²) < 4.78 is 89.6. The van der Waals surface area contributed by atoms with E-state index in [2.05, 4.69) is 0 Å². The first-order valence-electron chi connectivity index (χ1n) is 9.37. The second-order valence-electron chi connectivity index (χ2n) is 6.91. The number of carbonyl (C=O) groups excluding carboxylic acids is 1. The quantitative estimate of drug-likeness (QED) is 0.621. The van der Waals surface area contributed by atoms with Gasteiger partial charge in [0.25, 0.3) is 5.91 Å². The van der Waals surface area contributed by atoms with E-state index in [-0.39, 0.29) is 42.4 Å². The lowest BCUT2D eigenvalue weighted by Gasteiger charge is -2.34. The van der Waals surface area contributed by atoms with Gasteiger partial charge in [-0.3, -0.25) is 4.79 Å². The van der Waals surface area contributed by atoms with E-state index in [0.29, 0.717) is 17.9 Å². The second-order valence-corrected chi connectivity index (χ2v) is 8.84. The Morgan fingerprint density at radius 2 is 1.56 bits per heavy atom. The van der Waals surface area contributed by atoms with Gasteiger partial charge in [0, 0.05) is 37.8 Å². The Labute approximate surface area is 182 Å². The summed E-state index contributed by atoms with van der Waals surface area (Å²) in [6, 6.07) is 6.17. The van der Waals surface area contributed by atoms with Crippen LogP contribution in [0.3, 0.4) is 0 Å². The molecule has 0 N–H and O–H groups in total. The topological polar surface area (TPSA) is 76.2 Å². The van der Waals surface area contributed by atoms with E-state index in [1.165, 1.54) is 41.6 Å². The lowest BCUT2D eigenvalue weighted by Crippen LogP contribution is -2.50. The van der Waals surface area contributed by atoms with Crippen LogP contribution in [-0.2, 0) is 16.2 Å². The Hall–Kier alpha value is -2.86. The molecule has 7 nitrogen and oxygen atoms in total. The van der Waals surface area contributed by atoms with Crippen LogP contribution < -0.4 is 9.47 Å². The second kappa shape index (κ2) is 8.94. The molecule has 2 aromatic carbocycles. The Balaban J connectivity index is 1.74. The first kappa shape index (κ1) is 23.8. The summed E-state index contributed by atoms with van der Waals surface area (Å²) in [4.78, 5) is 13.8. The molecule has 3 rings (SSSR count). The Kier molecular flexibility index (Phi) is 6.65. The number of carbonyl (C=O) groups is 1. The van der Waals surface area contributed by atoms with Crippen LogP contribution in [0.4, 0.5) is 17.6 Å². The van der Waals surface area contributed by atoms with Crippen molar-refractivity contribution < 1.29 is 40.2 Å². The van der Waals surface area contributed by atoms with Crippen molar-refractivity contribution in [2.75, 3.05) is 40.4 Å². The lowest BCUT2D eigenvalue weighted by atomic mass is 10.1. The molecular weight excluding hydrogens is 456 g/mol. The van der Waals surface area contributed by atoms with Gasteiger partial charge in [0.1, 0.15) is 5.82 Å². The zero-order valence-electron chi connectivity index (χ0n) is 17.1. The molecule has 0 saturated carbocycles. The molecule has 12 heteroatoms. The maximum atomic E-state index is 13.5. The number of halogens is 4. The fraction of sp³-hybridized carbons (Fsp3) is 0.350. The molecule has 0 radical (unpaired) electrons. The average molecular weight is 476 g/mol. The standard InChI is InChI=1S/C20H20F4N2O5S/c1-30-17-6-4-14(12-18(17)31-2)32(28,29)26-9-7-25(8-10-26)19(27)13-3-5-16(21)15(11-13)20(22,23)24/h3-6,11-12H,7-10H2,1-2H3. The number of rotatable bonds is 5. The van der Waals surface area contributed by atoms with E-state index in [1.807, 2.05) is 0 Å². The molecule has 0 atom stereocenters. The summed E-state index contributed by atoms with van der Waals surface area (Å²) in [7, 11) is -1.11. The number of methoxy groups -OCH3 is 2. The van der Waals surface area contributed by atoms with Gasteiger partial charge in [-0.15, -0.1) is 0 Å². The van der Waals surface area contributed by atoms with Gasteiger partial charge in [0.05, 0.1) is 24.7 Å². The number of alkyl halides is 3. The van der Waals surface area contributed by atoms with Crippen LogP contribution in [0, 0.1) is 5.82 Å². The third-order valence-electron chi connectivity index (χ3n) is 5.04. The monoisotopic (exact) mass is 476 g/mol. The van der Waals surface area contributed by atoms with Crippen LogP contribution in [0.25, 0.3) is 0 Å². The van der Waals surface area contributed by atoms with Gasteiger partial charge in [-0.05, 0) is 30.3 Å². The van der Waals surface area contributed by atoms with E-state index >= 15 is 0 Å². The molecule has 0 unspecified atom stereocenters. The first-order chi connectivity index (χ1) is 15.0. The number of piperazine rings is 1. The van der Waals surface area contributed by atoms with E-state index in [1.54, 1.807) is 0 Å². The Morgan fingerprint density at radius 3 is 2.12 bits per heavy atom. The Bertz CT molecular complexity index is 1110. The van der Waals surface area contributed by atoms with Gasteiger partial charge in [0.15, 0.2) is 11.5 Å². The number of benzene rings is 2. The fourth-order valence-corrected chi connectivity index (χ4v) is 4.75. The predicted molar refractivity (Wildman–Crippen MR) is 106 cm³/mol. The van der Waals surface area contributed by atoms with Crippen molar-refractivity contribution in [3.8, 4) is 11.5 Å². The molecule has 1 amide bonds. The minimum atomic E-state index is -4.94. The average Bonchev–Trinajstić information content (AvgIpc) is 2.77. The maximum absolute atomic E-state index is 13.5. The van der Waals surface area contributed by atoms with Crippen LogP contribution in [0.5, 0.6) is 11.5 Å².